The first kappa shape index (κ1) is 30.2. The predicted molar refractivity (Wildman–Crippen MR) is 148 cm³/mol. The standard InChI is InChI=1S/C26H22F6N6O4S2/c27-25(28,29)41-13-5-7-15(33-23-35-21(39)17-3-1-9-37(17)23)19(11-13)43-44-20-12-14(42-26(30,31)32)6-8-16(20)34-24-36-22(40)18-4-2-10-38(18)24/h5-8,11-12,17-18H,1-4,9-10H2,(H,33,35,39)(H,34,36,40)/t17-,18-/m0/s1. The smallest absolute Gasteiger partial charge is 0.406 e. The van der Waals surface area contributed by atoms with Crippen LogP contribution in [0.15, 0.2) is 56.2 Å². The van der Waals surface area contributed by atoms with Gasteiger partial charge in [0.25, 0.3) is 0 Å². The van der Waals surface area contributed by atoms with Crippen molar-refractivity contribution in [1.29, 1.82) is 0 Å². The Bertz CT molecular complexity index is 1440. The molecular formula is C26H22F6N6O4S2. The average Bonchev–Trinajstić information content (AvgIpc) is 3.70. The van der Waals surface area contributed by atoms with E-state index in [9.17, 15) is 35.9 Å². The first-order valence-electron chi connectivity index (χ1n) is 13.3. The van der Waals surface area contributed by atoms with E-state index in [1.54, 1.807) is 9.80 Å². The van der Waals surface area contributed by atoms with E-state index in [2.05, 4.69) is 30.1 Å². The highest BCUT2D eigenvalue weighted by atomic mass is 33.1. The fourth-order valence-electron chi connectivity index (χ4n) is 5.32. The molecule has 4 fully saturated rings. The van der Waals surface area contributed by atoms with Crippen LogP contribution in [0.25, 0.3) is 0 Å². The largest absolute Gasteiger partial charge is 0.573 e. The second-order valence-electron chi connectivity index (χ2n) is 10.1. The molecule has 2 atom stereocenters. The van der Waals surface area contributed by atoms with E-state index in [1.807, 2.05) is 0 Å². The maximum atomic E-state index is 13.0. The minimum Gasteiger partial charge on any atom is -0.406 e. The van der Waals surface area contributed by atoms with Crippen molar-refractivity contribution < 1.29 is 45.4 Å². The number of hydrogen-bond acceptors (Lipinski definition) is 8. The molecule has 0 saturated carbocycles. The van der Waals surface area contributed by atoms with E-state index in [4.69, 9.17) is 0 Å². The summed E-state index contributed by atoms with van der Waals surface area (Å²) in [6.45, 7) is 1.14. The fraction of sp³-hybridized carbons (Fsp3) is 0.385. The number of rotatable bonds is 7. The number of fused-ring (bicyclic) bond motifs is 2. The number of ether oxygens (including phenoxy) is 2. The van der Waals surface area contributed by atoms with E-state index in [0.717, 1.165) is 58.7 Å². The number of benzene rings is 2. The number of guanidine groups is 2. The van der Waals surface area contributed by atoms with Crippen molar-refractivity contribution in [3.05, 3.63) is 36.4 Å². The molecule has 4 aliphatic rings. The van der Waals surface area contributed by atoms with Gasteiger partial charge in [0.1, 0.15) is 23.6 Å². The van der Waals surface area contributed by atoms with E-state index in [0.29, 0.717) is 25.9 Å². The van der Waals surface area contributed by atoms with E-state index < -0.39 is 24.2 Å². The quantitative estimate of drug-likeness (QED) is 0.299. The Kier molecular flexibility index (Phi) is 7.98. The van der Waals surface area contributed by atoms with E-state index >= 15 is 0 Å². The Balaban J connectivity index is 1.34. The number of aliphatic imine (C=N–C) groups is 2. The summed E-state index contributed by atoms with van der Waals surface area (Å²) in [5.74, 6) is -1.04. The SMILES string of the molecule is O=C1NC(=Nc2ccc(OC(F)(F)F)cc2SSc2cc(OC(F)(F)F)ccc2N=C2NC(=O)[C@@H]3CCCN23)N2CCC[C@@H]12. The third-order valence-electron chi connectivity index (χ3n) is 7.13. The number of carbonyl (C=O) groups excluding carboxylic acids is 2. The van der Waals surface area contributed by atoms with E-state index in [1.165, 1.54) is 12.1 Å². The molecule has 2 aromatic carbocycles. The Hall–Kier alpha value is -3.80. The number of hydrogen-bond donors (Lipinski definition) is 2. The van der Waals surface area contributed by atoms with Crippen LogP contribution < -0.4 is 20.1 Å². The Morgan fingerprint density at radius 1 is 0.705 bits per heavy atom. The van der Waals surface area contributed by atoms with Gasteiger partial charge < -0.3 is 19.3 Å². The first-order chi connectivity index (χ1) is 20.8. The monoisotopic (exact) mass is 660 g/mol. The molecule has 6 rings (SSSR count). The lowest BCUT2D eigenvalue weighted by molar-refractivity contribution is -0.275. The zero-order valence-corrected chi connectivity index (χ0v) is 24.0. The van der Waals surface area contributed by atoms with Crippen molar-refractivity contribution >= 4 is 56.7 Å². The number of nitrogens with zero attached hydrogens (tertiary/aromatic N) is 4. The highest BCUT2D eigenvalue weighted by Crippen LogP contribution is 2.48. The second kappa shape index (κ2) is 11.6. The summed E-state index contributed by atoms with van der Waals surface area (Å²) in [6, 6.07) is 6.16. The van der Waals surface area contributed by atoms with Gasteiger partial charge in [0.2, 0.25) is 23.7 Å². The molecule has 2 N–H and O–H groups in total. The van der Waals surface area contributed by atoms with Gasteiger partial charge in [0.05, 0.1) is 11.4 Å². The van der Waals surface area contributed by atoms with Gasteiger partial charge in [-0.25, -0.2) is 9.98 Å². The molecule has 0 spiro atoms. The zero-order chi connectivity index (χ0) is 31.2. The molecule has 44 heavy (non-hydrogen) atoms. The van der Waals surface area contributed by atoms with Crippen LogP contribution in [0, 0.1) is 0 Å². The second-order valence-corrected chi connectivity index (χ2v) is 12.3. The van der Waals surface area contributed by atoms with Crippen LogP contribution >= 0.6 is 21.6 Å². The molecule has 4 heterocycles. The average molecular weight is 661 g/mol. The van der Waals surface area contributed by atoms with Gasteiger partial charge in [0, 0.05) is 22.9 Å². The van der Waals surface area contributed by atoms with Crippen LogP contribution in [0.5, 0.6) is 11.5 Å². The molecule has 2 amide bonds. The van der Waals surface area contributed by atoms with Crippen LogP contribution in [0.2, 0.25) is 0 Å². The number of amides is 2. The van der Waals surface area contributed by atoms with Gasteiger partial charge in [-0.15, -0.1) is 26.3 Å². The molecule has 4 saturated heterocycles. The normalized spacial score (nSPS) is 23.3. The van der Waals surface area contributed by atoms with Gasteiger partial charge in [-0.05, 0) is 62.1 Å². The zero-order valence-electron chi connectivity index (χ0n) is 22.4. The van der Waals surface area contributed by atoms with Crippen molar-refractivity contribution in [2.75, 3.05) is 13.1 Å². The third-order valence-corrected chi connectivity index (χ3v) is 9.55. The third kappa shape index (κ3) is 6.64. The number of carbonyl (C=O) groups is 2. The van der Waals surface area contributed by atoms with Gasteiger partial charge >= 0.3 is 12.7 Å². The lowest BCUT2D eigenvalue weighted by atomic mass is 10.2. The highest BCUT2D eigenvalue weighted by molar-refractivity contribution is 8.76. The molecule has 10 nitrogen and oxygen atoms in total. The van der Waals surface area contributed by atoms with Gasteiger partial charge in [0.15, 0.2) is 0 Å². The van der Waals surface area contributed by atoms with Crippen LogP contribution in [0.4, 0.5) is 37.7 Å². The summed E-state index contributed by atoms with van der Waals surface area (Å²) in [5.41, 5.74) is 0.386. The number of nitrogens with one attached hydrogen (secondary N) is 2. The maximum Gasteiger partial charge on any atom is 0.573 e. The van der Waals surface area contributed by atoms with Gasteiger partial charge in [-0.1, -0.05) is 21.6 Å². The summed E-state index contributed by atoms with van der Waals surface area (Å²) in [5, 5.41) is 5.38. The van der Waals surface area contributed by atoms with Crippen molar-refractivity contribution in [2.24, 2.45) is 9.98 Å². The van der Waals surface area contributed by atoms with E-state index in [-0.39, 0.29) is 57.0 Å². The maximum absolute atomic E-state index is 13.0. The molecule has 2 aromatic rings. The van der Waals surface area contributed by atoms with Crippen LogP contribution in [-0.4, -0.2) is 71.4 Å². The lowest BCUT2D eigenvalue weighted by Gasteiger charge is -2.17. The summed E-state index contributed by atoms with van der Waals surface area (Å²) in [6.07, 6.45) is -7.13. The summed E-state index contributed by atoms with van der Waals surface area (Å²) in [7, 11) is 1.78. The predicted octanol–water partition coefficient (Wildman–Crippen LogP) is 5.45. The molecular weight excluding hydrogens is 638 g/mol. The molecule has 0 unspecified atom stereocenters. The van der Waals surface area contributed by atoms with Crippen LogP contribution in [-0.2, 0) is 9.59 Å². The van der Waals surface area contributed by atoms with Crippen LogP contribution in [0.3, 0.4) is 0 Å². The van der Waals surface area contributed by atoms with Gasteiger partial charge in [-0.2, -0.15) is 0 Å². The molecule has 0 radical (unpaired) electrons. The number of alkyl halides is 6. The fourth-order valence-corrected chi connectivity index (χ4v) is 7.57. The minimum absolute atomic E-state index is 0.163. The Labute approximate surface area is 253 Å². The Morgan fingerprint density at radius 3 is 1.50 bits per heavy atom. The van der Waals surface area contributed by atoms with Crippen molar-refractivity contribution in [3.8, 4) is 11.5 Å². The minimum atomic E-state index is -4.98. The molecule has 0 aliphatic carbocycles. The van der Waals surface area contributed by atoms with Crippen molar-refractivity contribution in [2.45, 2.75) is 60.3 Å². The molecule has 0 aromatic heterocycles. The Morgan fingerprint density at radius 2 is 1.11 bits per heavy atom. The topological polar surface area (TPSA) is 108 Å². The molecule has 18 heteroatoms. The van der Waals surface area contributed by atoms with Crippen molar-refractivity contribution in [1.82, 2.24) is 20.4 Å². The summed E-state index contributed by atoms with van der Waals surface area (Å²) >= 11 is 0. The number of halogens is 6. The summed E-state index contributed by atoms with van der Waals surface area (Å²) < 4.78 is 86.3. The van der Waals surface area contributed by atoms with Gasteiger partial charge in [-0.3, -0.25) is 20.2 Å². The van der Waals surface area contributed by atoms with Crippen molar-refractivity contribution in [3.63, 3.8) is 0 Å². The highest BCUT2D eigenvalue weighted by Gasteiger charge is 2.41. The lowest BCUT2D eigenvalue weighted by Crippen LogP contribution is -2.30. The molecule has 234 valence electrons. The molecule has 0 bridgehead atoms. The summed E-state index contributed by atoms with van der Waals surface area (Å²) in [4.78, 5) is 37.6. The molecule has 4 aliphatic heterocycles. The first-order valence-corrected chi connectivity index (χ1v) is 15.4. The van der Waals surface area contributed by atoms with Crippen LogP contribution in [0.1, 0.15) is 25.7 Å².